The maximum absolute atomic E-state index is 6.19. The second kappa shape index (κ2) is 7.52. The van der Waals surface area contributed by atoms with Gasteiger partial charge in [-0.1, -0.05) is 48.5 Å². The van der Waals surface area contributed by atoms with E-state index in [1.54, 1.807) is 0 Å². The van der Waals surface area contributed by atoms with Crippen molar-refractivity contribution in [1.82, 2.24) is 5.32 Å². The summed E-state index contributed by atoms with van der Waals surface area (Å²) < 4.78 is 0. The van der Waals surface area contributed by atoms with Gasteiger partial charge < -0.3 is 5.32 Å². The third-order valence-corrected chi connectivity index (χ3v) is 5.14. The highest BCUT2D eigenvalue weighted by atomic mass is 35.5. The quantitative estimate of drug-likeness (QED) is 0.736. The van der Waals surface area contributed by atoms with E-state index < -0.39 is 0 Å². The highest BCUT2D eigenvalue weighted by Crippen LogP contribution is 2.26. The normalized spacial score (nSPS) is 22.1. The predicted molar refractivity (Wildman–Crippen MR) is 95.2 cm³/mol. The molecule has 1 heterocycles. The van der Waals surface area contributed by atoms with Crippen LogP contribution in [-0.2, 0) is 0 Å². The van der Waals surface area contributed by atoms with Crippen LogP contribution in [0.4, 0.5) is 0 Å². The molecule has 1 saturated heterocycles. The second-order valence-electron chi connectivity index (χ2n) is 6.13. The largest absolute Gasteiger partial charge is 0.388 e. The molecule has 1 aromatic rings. The molecule has 22 heavy (non-hydrogen) atoms. The van der Waals surface area contributed by atoms with Crippen LogP contribution in [0.25, 0.3) is 0 Å². The standard InChI is InChI=1S/C18H22Cl2N2/c19-16-9-8-13(11-17(16)20)18(12-15-7-4-10-21-15)22-14-5-2-1-3-6-14/h8-9,11-12,14,21H,1-7,10H2. The van der Waals surface area contributed by atoms with Crippen molar-refractivity contribution in [3.8, 4) is 0 Å². The van der Waals surface area contributed by atoms with Gasteiger partial charge >= 0.3 is 0 Å². The lowest BCUT2D eigenvalue weighted by atomic mass is 9.95. The summed E-state index contributed by atoms with van der Waals surface area (Å²) in [5, 5.41) is 4.62. The Morgan fingerprint density at radius 3 is 2.59 bits per heavy atom. The molecule has 2 aliphatic rings. The molecule has 0 aromatic heterocycles. The number of nitrogens with one attached hydrogen (secondary N) is 1. The first-order chi connectivity index (χ1) is 10.7. The lowest BCUT2D eigenvalue weighted by Gasteiger charge is -2.19. The topological polar surface area (TPSA) is 24.4 Å². The van der Waals surface area contributed by atoms with E-state index in [9.17, 15) is 0 Å². The van der Waals surface area contributed by atoms with Crippen LogP contribution in [0.1, 0.15) is 50.5 Å². The zero-order valence-electron chi connectivity index (χ0n) is 12.7. The van der Waals surface area contributed by atoms with Crippen LogP contribution in [0.3, 0.4) is 0 Å². The Balaban J connectivity index is 1.92. The van der Waals surface area contributed by atoms with Gasteiger partial charge in [0.1, 0.15) is 0 Å². The molecular formula is C18H22Cl2N2. The number of halogens is 2. The first-order valence-electron chi connectivity index (χ1n) is 8.20. The van der Waals surface area contributed by atoms with Crippen LogP contribution < -0.4 is 5.32 Å². The molecule has 1 saturated carbocycles. The van der Waals surface area contributed by atoms with Crippen LogP contribution in [0, 0.1) is 0 Å². The molecule has 1 N–H and O–H groups in total. The Hall–Kier alpha value is -0.990. The van der Waals surface area contributed by atoms with Crippen molar-refractivity contribution in [2.45, 2.75) is 51.0 Å². The molecule has 118 valence electrons. The van der Waals surface area contributed by atoms with Gasteiger partial charge in [0, 0.05) is 17.8 Å². The van der Waals surface area contributed by atoms with Gasteiger partial charge in [-0.2, -0.15) is 0 Å². The van der Waals surface area contributed by atoms with E-state index in [-0.39, 0.29) is 0 Å². The summed E-state index contributed by atoms with van der Waals surface area (Å²) in [7, 11) is 0. The van der Waals surface area contributed by atoms with Crippen molar-refractivity contribution in [2.24, 2.45) is 4.99 Å². The number of hydrogen-bond acceptors (Lipinski definition) is 2. The average molecular weight is 337 g/mol. The smallest absolute Gasteiger partial charge is 0.0667 e. The highest BCUT2D eigenvalue weighted by Gasteiger charge is 2.15. The number of allylic oxidation sites excluding steroid dienone is 2. The Labute approximate surface area is 142 Å². The second-order valence-corrected chi connectivity index (χ2v) is 6.95. The number of nitrogens with zero attached hydrogens (tertiary/aromatic N) is 1. The van der Waals surface area contributed by atoms with Gasteiger partial charge in [-0.05, 0) is 43.9 Å². The summed E-state index contributed by atoms with van der Waals surface area (Å²) in [6.07, 6.45) is 10.8. The van der Waals surface area contributed by atoms with Crippen LogP contribution in [0.15, 0.2) is 35.0 Å². The lowest BCUT2D eigenvalue weighted by Crippen LogP contribution is -2.14. The summed E-state index contributed by atoms with van der Waals surface area (Å²) in [6, 6.07) is 6.24. The Morgan fingerprint density at radius 1 is 1.09 bits per heavy atom. The van der Waals surface area contributed by atoms with Gasteiger partial charge in [-0.3, -0.25) is 4.99 Å². The summed E-state index contributed by atoms with van der Waals surface area (Å²) >= 11 is 12.2. The molecule has 1 aliphatic carbocycles. The minimum Gasteiger partial charge on any atom is -0.388 e. The third kappa shape index (κ3) is 4.05. The SMILES string of the molecule is Clc1ccc(C(C=C2CCCN2)=NC2CCCCC2)cc1Cl. The lowest BCUT2D eigenvalue weighted by molar-refractivity contribution is 0.444. The zero-order valence-corrected chi connectivity index (χ0v) is 14.3. The number of hydrogen-bond donors (Lipinski definition) is 1. The fourth-order valence-electron chi connectivity index (χ4n) is 3.16. The average Bonchev–Trinajstić information content (AvgIpc) is 3.03. The minimum absolute atomic E-state index is 0.441. The van der Waals surface area contributed by atoms with Crippen molar-refractivity contribution >= 4 is 28.9 Å². The molecular weight excluding hydrogens is 315 g/mol. The summed E-state index contributed by atoms with van der Waals surface area (Å²) in [4.78, 5) is 5.04. The van der Waals surface area contributed by atoms with Crippen LogP contribution in [-0.4, -0.2) is 18.3 Å². The van der Waals surface area contributed by atoms with Crippen molar-refractivity contribution in [3.63, 3.8) is 0 Å². The molecule has 0 amide bonds. The van der Waals surface area contributed by atoms with Gasteiger partial charge in [-0.15, -0.1) is 0 Å². The van der Waals surface area contributed by atoms with Crippen molar-refractivity contribution in [3.05, 3.63) is 45.6 Å². The minimum atomic E-state index is 0.441. The molecule has 3 rings (SSSR count). The fraction of sp³-hybridized carbons (Fsp3) is 0.500. The molecule has 0 atom stereocenters. The molecule has 0 unspecified atom stereocenters. The van der Waals surface area contributed by atoms with Crippen molar-refractivity contribution in [1.29, 1.82) is 0 Å². The van der Waals surface area contributed by atoms with Crippen molar-refractivity contribution < 1.29 is 0 Å². The summed E-state index contributed by atoms with van der Waals surface area (Å²) in [5.74, 6) is 0. The van der Waals surface area contributed by atoms with Gasteiger partial charge in [0.25, 0.3) is 0 Å². The first kappa shape index (κ1) is 15.9. The maximum atomic E-state index is 6.19. The van der Waals surface area contributed by atoms with Crippen molar-refractivity contribution in [2.75, 3.05) is 6.54 Å². The third-order valence-electron chi connectivity index (χ3n) is 4.40. The summed E-state index contributed by atoms with van der Waals surface area (Å²) in [5.41, 5.74) is 3.37. The predicted octanol–water partition coefficient (Wildman–Crippen LogP) is 5.38. The van der Waals surface area contributed by atoms with Gasteiger partial charge in [0.2, 0.25) is 0 Å². The molecule has 0 spiro atoms. The Morgan fingerprint density at radius 2 is 1.91 bits per heavy atom. The van der Waals surface area contributed by atoms with Crippen LogP contribution >= 0.6 is 23.2 Å². The molecule has 0 bridgehead atoms. The Bertz CT molecular complexity index is 579. The molecule has 2 fully saturated rings. The van der Waals surface area contributed by atoms with Crippen LogP contribution in [0.5, 0.6) is 0 Å². The first-order valence-corrected chi connectivity index (χ1v) is 8.95. The van der Waals surface area contributed by atoms with Gasteiger partial charge in [0.15, 0.2) is 0 Å². The zero-order chi connectivity index (χ0) is 15.4. The Kier molecular flexibility index (Phi) is 5.43. The molecule has 1 aliphatic heterocycles. The van der Waals surface area contributed by atoms with E-state index in [2.05, 4.69) is 11.4 Å². The fourth-order valence-corrected chi connectivity index (χ4v) is 3.46. The van der Waals surface area contributed by atoms with E-state index in [4.69, 9.17) is 28.2 Å². The summed E-state index contributed by atoms with van der Waals surface area (Å²) in [6.45, 7) is 1.06. The van der Waals surface area contributed by atoms with E-state index >= 15 is 0 Å². The maximum Gasteiger partial charge on any atom is 0.0667 e. The number of rotatable bonds is 3. The van der Waals surface area contributed by atoms with Crippen LogP contribution in [0.2, 0.25) is 10.0 Å². The highest BCUT2D eigenvalue weighted by molar-refractivity contribution is 6.42. The molecule has 0 radical (unpaired) electrons. The number of aliphatic imine (C=N–C) groups is 1. The van der Waals surface area contributed by atoms with E-state index in [0.717, 1.165) is 24.2 Å². The van der Waals surface area contributed by atoms with E-state index in [1.807, 2.05) is 18.2 Å². The molecule has 1 aromatic carbocycles. The van der Waals surface area contributed by atoms with Gasteiger partial charge in [-0.25, -0.2) is 0 Å². The molecule has 4 heteroatoms. The van der Waals surface area contributed by atoms with E-state index in [1.165, 1.54) is 44.2 Å². The van der Waals surface area contributed by atoms with E-state index in [0.29, 0.717) is 16.1 Å². The monoisotopic (exact) mass is 336 g/mol. The van der Waals surface area contributed by atoms with Gasteiger partial charge in [0.05, 0.1) is 21.8 Å². The number of benzene rings is 1. The molecule has 2 nitrogen and oxygen atoms in total.